The Bertz CT molecular complexity index is 1350. The number of thioether (sulfide) groups is 1. The van der Waals surface area contributed by atoms with Gasteiger partial charge in [0.2, 0.25) is 0 Å². The van der Waals surface area contributed by atoms with E-state index in [0.29, 0.717) is 47.8 Å². The third-order valence-corrected chi connectivity index (χ3v) is 7.25. The highest BCUT2D eigenvalue weighted by Gasteiger charge is 2.35. The standard InChI is InChI=1S/C28H23F2N3O3S/c29-22-7-3-20(4-8-22)18-33-27(35)25(37-28(33)36)17-19-1-5-21(6-2-19)26(34)32-15-13-31(14-16-32)24-11-9-23(30)10-12-24/h1-12,17H,13-16,18H2/b25-17-. The number of hydrogen-bond acceptors (Lipinski definition) is 5. The normalized spacial score (nSPS) is 17.1. The Hall–Kier alpha value is -3.98. The van der Waals surface area contributed by atoms with Crippen LogP contribution in [0.3, 0.4) is 0 Å². The van der Waals surface area contributed by atoms with Crippen LogP contribution in [-0.2, 0) is 11.3 Å². The van der Waals surface area contributed by atoms with Gasteiger partial charge < -0.3 is 9.80 Å². The molecule has 2 aliphatic rings. The molecule has 37 heavy (non-hydrogen) atoms. The van der Waals surface area contributed by atoms with Crippen LogP contribution in [0.5, 0.6) is 0 Å². The van der Waals surface area contributed by atoms with E-state index in [2.05, 4.69) is 4.90 Å². The molecule has 2 heterocycles. The molecule has 0 radical (unpaired) electrons. The number of carbonyl (C=O) groups is 3. The Balaban J connectivity index is 1.20. The number of rotatable bonds is 5. The van der Waals surface area contributed by atoms with Crippen LogP contribution in [0.2, 0.25) is 0 Å². The van der Waals surface area contributed by atoms with Crippen molar-refractivity contribution in [2.24, 2.45) is 0 Å². The van der Waals surface area contributed by atoms with E-state index in [4.69, 9.17) is 0 Å². The number of benzene rings is 3. The molecule has 0 aromatic heterocycles. The lowest BCUT2D eigenvalue weighted by Crippen LogP contribution is -2.48. The van der Waals surface area contributed by atoms with E-state index in [0.717, 1.165) is 22.3 Å². The molecule has 2 saturated heterocycles. The van der Waals surface area contributed by atoms with Crippen LogP contribution in [0.25, 0.3) is 6.08 Å². The van der Waals surface area contributed by atoms with Gasteiger partial charge in [0, 0.05) is 37.4 Å². The van der Waals surface area contributed by atoms with Gasteiger partial charge in [0.1, 0.15) is 11.6 Å². The van der Waals surface area contributed by atoms with Crippen molar-refractivity contribution in [3.05, 3.63) is 106 Å². The Morgan fingerprint density at radius 3 is 2.03 bits per heavy atom. The van der Waals surface area contributed by atoms with Gasteiger partial charge in [-0.1, -0.05) is 24.3 Å². The number of halogens is 2. The van der Waals surface area contributed by atoms with E-state index < -0.39 is 5.91 Å². The van der Waals surface area contributed by atoms with E-state index in [-0.39, 0.29) is 29.3 Å². The van der Waals surface area contributed by atoms with Crippen LogP contribution < -0.4 is 4.90 Å². The first-order valence-electron chi connectivity index (χ1n) is 11.8. The quantitative estimate of drug-likeness (QED) is 0.436. The summed E-state index contributed by atoms with van der Waals surface area (Å²) >= 11 is 0.855. The fourth-order valence-electron chi connectivity index (χ4n) is 4.28. The van der Waals surface area contributed by atoms with Gasteiger partial charge in [-0.25, -0.2) is 8.78 Å². The minimum atomic E-state index is -0.404. The predicted molar refractivity (Wildman–Crippen MR) is 139 cm³/mol. The molecular formula is C28H23F2N3O3S. The van der Waals surface area contributed by atoms with Crippen molar-refractivity contribution in [1.82, 2.24) is 9.80 Å². The van der Waals surface area contributed by atoms with E-state index in [1.54, 1.807) is 59.5 Å². The van der Waals surface area contributed by atoms with Crippen LogP contribution in [0, 0.1) is 11.6 Å². The van der Waals surface area contributed by atoms with Crippen molar-refractivity contribution in [2.45, 2.75) is 6.54 Å². The van der Waals surface area contributed by atoms with Gasteiger partial charge in [0.25, 0.3) is 17.1 Å². The molecule has 2 fully saturated rings. The lowest BCUT2D eigenvalue weighted by molar-refractivity contribution is -0.123. The smallest absolute Gasteiger partial charge is 0.293 e. The van der Waals surface area contributed by atoms with Crippen LogP contribution in [0.1, 0.15) is 21.5 Å². The van der Waals surface area contributed by atoms with Crippen molar-refractivity contribution in [1.29, 1.82) is 0 Å². The first kappa shape index (κ1) is 24.7. The third-order valence-electron chi connectivity index (χ3n) is 6.34. The van der Waals surface area contributed by atoms with Gasteiger partial charge in [-0.2, -0.15) is 0 Å². The van der Waals surface area contributed by atoms with Crippen molar-refractivity contribution < 1.29 is 23.2 Å². The van der Waals surface area contributed by atoms with Gasteiger partial charge in [-0.05, 0) is 77.5 Å². The maximum absolute atomic E-state index is 13.2. The molecule has 0 unspecified atom stereocenters. The summed E-state index contributed by atoms with van der Waals surface area (Å²) in [7, 11) is 0. The molecule has 3 aromatic rings. The average Bonchev–Trinajstić information content (AvgIpc) is 3.17. The highest BCUT2D eigenvalue weighted by Crippen LogP contribution is 2.33. The Kier molecular flexibility index (Phi) is 7.05. The van der Waals surface area contributed by atoms with Crippen LogP contribution in [-0.4, -0.2) is 53.0 Å². The average molecular weight is 520 g/mol. The Morgan fingerprint density at radius 1 is 0.811 bits per heavy atom. The minimum Gasteiger partial charge on any atom is -0.368 e. The van der Waals surface area contributed by atoms with Crippen LogP contribution in [0.15, 0.2) is 77.7 Å². The molecular weight excluding hydrogens is 496 g/mol. The summed E-state index contributed by atoms with van der Waals surface area (Å²) < 4.78 is 26.3. The number of imide groups is 1. The molecule has 5 rings (SSSR count). The minimum absolute atomic E-state index is 0.0736. The SMILES string of the molecule is O=C(c1ccc(/C=C2\SC(=O)N(Cc3ccc(F)cc3)C2=O)cc1)N1CCN(c2ccc(F)cc2)CC1. The molecule has 0 atom stereocenters. The summed E-state index contributed by atoms with van der Waals surface area (Å²) in [5.74, 6) is -1.14. The zero-order valence-electron chi connectivity index (χ0n) is 19.8. The molecule has 0 N–H and O–H groups in total. The lowest BCUT2D eigenvalue weighted by Gasteiger charge is -2.36. The molecule has 0 spiro atoms. The van der Waals surface area contributed by atoms with Gasteiger partial charge in [0.05, 0.1) is 11.4 Å². The largest absolute Gasteiger partial charge is 0.368 e. The second kappa shape index (κ2) is 10.6. The molecule has 188 valence electrons. The Labute approximate surface area is 217 Å². The summed E-state index contributed by atoms with van der Waals surface area (Å²) in [5.41, 5.74) is 2.83. The molecule has 0 bridgehead atoms. The fourth-order valence-corrected chi connectivity index (χ4v) is 5.12. The maximum Gasteiger partial charge on any atom is 0.293 e. The molecule has 0 saturated carbocycles. The maximum atomic E-state index is 13.2. The molecule has 2 aliphatic heterocycles. The van der Waals surface area contributed by atoms with Gasteiger partial charge in [-0.15, -0.1) is 0 Å². The highest BCUT2D eigenvalue weighted by molar-refractivity contribution is 8.18. The number of amides is 3. The van der Waals surface area contributed by atoms with E-state index in [1.807, 2.05) is 0 Å². The second-order valence-corrected chi connectivity index (χ2v) is 9.77. The predicted octanol–water partition coefficient (Wildman–Crippen LogP) is 5.16. The summed E-state index contributed by atoms with van der Waals surface area (Å²) in [5, 5.41) is -0.382. The molecule has 9 heteroatoms. The highest BCUT2D eigenvalue weighted by atomic mass is 32.2. The van der Waals surface area contributed by atoms with Crippen molar-refractivity contribution in [3.8, 4) is 0 Å². The molecule has 3 amide bonds. The number of hydrogen-bond donors (Lipinski definition) is 0. The van der Waals surface area contributed by atoms with Gasteiger partial charge >= 0.3 is 0 Å². The Morgan fingerprint density at radius 2 is 1.41 bits per heavy atom. The summed E-state index contributed by atoms with van der Waals surface area (Å²) in [4.78, 5) is 43.5. The monoisotopic (exact) mass is 519 g/mol. The van der Waals surface area contributed by atoms with E-state index >= 15 is 0 Å². The lowest BCUT2D eigenvalue weighted by atomic mass is 10.1. The number of carbonyl (C=O) groups excluding carboxylic acids is 3. The molecule has 0 aliphatic carbocycles. The topological polar surface area (TPSA) is 60.9 Å². The number of piperazine rings is 1. The number of nitrogens with zero attached hydrogens (tertiary/aromatic N) is 3. The molecule has 6 nitrogen and oxygen atoms in total. The third kappa shape index (κ3) is 5.56. The van der Waals surface area contributed by atoms with Gasteiger partial charge in [-0.3, -0.25) is 19.3 Å². The van der Waals surface area contributed by atoms with Crippen LogP contribution >= 0.6 is 11.8 Å². The molecule has 3 aromatic carbocycles. The summed E-state index contributed by atoms with van der Waals surface area (Å²) in [6.45, 7) is 2.50. The van der Waals surface area contributed by atoms with Crippen molar-refractivity contribution in [2.75, 3.05) is 31.1 Å². The van der Waals surface area contributed by atoms with Gasteiger partial charge in [0.15, 0.2) is 0 Å². The first-order valence-corrected chi connectivity index (χ1v) is 12.6. The zero-order chi connectivity index (χ0) is 25.9. The second-order valence-electron chi connectivity index (χ2n) is 8.77. The zero-order valence-corrected chi connectivity index (χ0v) is 20.6. The van der Waals surface area contributed by atoms with Crippen LogP contribution in [0.4, 0.5) is 19.3 Å². The first-order chi connectivity index (χ1) is 17.9. The summed E-state index contributed by atoms with van der Waals surface area (Å²) in [6, 6.07) is 18.9. The summed E-state index contributed by atoms with van der Waals surface area (Å²) in [6.07, 6.45) is 1.63. The van der Waals surface area contributed by atoms with Crippen molar-refractivity contribution >= 4 is 40.6 Å². The van der Waals surface area contributed by atoms with E-state index in [9.17, 15) is 23.2 Å². The fraction of sp³-hybridized carbons (Fsp3) is 0.179. The van der Waals surface area contributed by atoms with E-state index in [1.165, 1.54) is 24.3 Å². The van der Waals surface area contributed by atoms with Crippen molar-refractivity contribution in [3.63, 3.8) is 0 Å². The number of anilines is 1.